The summed E-state index contributed by atoms with van der Waals surface area (Å²) in [6.45, 7) is 15.1. The molecule has 70 heavy (non-hydrogen) atoms. The summed E-state index contributed by atoms with van der Waals surface area (Å²) >= 11 is 0. The van der Waals surface area contributed by atoms with Crippen molar-refractivity contribution in [1.29, 1.82) is 0 Å². The van der Waals surface area contributed by atoms with Gasteiger partial charge in [-0.15, -0.1) is 0 Å². The van der Waals surface area contributed by atoms with E-state index in [4.69, 9.17) is 0 Å². The fourth-order valence-electron chi connectivity index (χ4n) is 9.10. The molecule has 1 aromatic heterocycles. The molecular weight excluding hydrogens is 897 g/mol. The van der Waals surface area contributed by atoms with Crippen molar-refractivity contribution in [3.05, 3.63) is 59.8 Å². The van der Waals surface area contributed by atoms with Crippen LogP contribution in [0.1, 0.15) is 138 Å². The first-order valence-electron chi connectivity index (χ1n) is 24.5. The standard InChI is InChI=1S/C53H78N6O11/c1-33(2)42(58(11)49(66)46(52(4,5)6)56-48(65)45(54-9)53(7,8)39-32-57(10)41-24-18-17-23-38(39)41)30-34(3)47(64)55-40(51(69)70)26-25-37(61)31-35(50(67)68)20-14-12-15-21-36(60)22-16-13-19-29-59-43(62)27-28-44(59)63/h17-18,23-24,27-28,30,32-33,35,40,42,45-46,54H,12-16,19-22,25-26,29,31H2,1-11H3,(H,55,64)(H,56,65)(H,67,68)(H,69,70)/b34-30+/t35-,40-,42-,45-,46-/m1/s1. The second-order valence-corrected chi connectivity index (χ2v) is 20.7. The molecule has 0 aliphatic carbocycles. The molecule has 5 amide bonds. The van der Waals surface area contributed by atoms with Gasteiger partial charge >= 0.3 is 11.9 Å². The van der Waals surface area contributed by atoms with Crippen LogP contribution in [0.3, 0.4) is 0 Å². The van der Waals surface area contributed by atoms with E-state index in [1.807, 2.05) is 90.5 Å². The van der Waals surface area contributed by atoms with Crippen LogP contribution in [0.15, 0.2) is 54.3 Å². The highest BCUT2D eigenvalue weighted by Crippen LogP contribution is 2.35. The number of hydrogen-bond acceptors (Lipinski definition) is 10. The Hall–Kier alpha value is -5.97. The molecule has 1 aliphatic heterocycles. The highest BCUT2D eigenvalue weighted by Gasteiger charge is 2.43. The van der Waals surface area contributed by atoms with Crippen molar-refractivity contribution < 1.29 is 53.4 Å². The zero-order chi connectivity index (χ0) is 52.7. The fourth-order valence-corrected chi connectivity index (χ4v) is 9.10. The van der Waals surface area contributed by atoms with E-state index in [0.29, 0.717) is 57.9 Å². The van der Waals surface area contributed by atoms with Crippen molar-refractivity contribution in [2.24, 2.45) is 24.3 Å². The number of aromatic nitrogens is 1. The first kappa shape index (κ1) is 58.3. The minimum Gasteiger partial charge on any atom is -0.481 e. The van der Waals surface area contributed by atoms with Crippen molar-refractivity contribution in [1.82, 2.24) is 30.3 Å². The predicted octanol–water partition coefficient (Wildman–Crippen LogP) is 6.02. The number of nitrogens with one attached hydrogen (secondary N) is 3. The number of para-hydroxylation sites is 1. The Morgan fingerprint density at radius 2 is 1.37 bits per heavy atom. The monoisotopic (exact) mass is 975 g/mol. The lowest BCUT2D eigenvalue weighted by atomic mass is 9.76. The van der Waals surface area contributed by atoms with Crippen LogP contribution in [0.5, 0.6) is 0 Å². The molecule has 3 rings (SSSR count). The summed E-state index contributed by atoms with van der Waals surface area (Å²) in [5, 5.41) is 29.6. The number of ketones is 2. The smallest absolute Gasteiger partial charge is 0.326 e. The predicted molar refractivity (Wildman–Crippen MR) is 267 cm³/mol. The molecule has 2 aromatic rings. The molecule has 0 spiro atoms. The normalized spacial score (nSPS) is 15.4. The molecule has 1 aliphatic rings. The summed E-state index contributed by atoms with van der Waals surface area (Å²) in [5.41, 5.74) is 0.694. The summed E-state index contributed by atoms with van der Waals surface area (Å²) < 4.78 is 2.03. The average Bonchev–Trinajstić information content (AvgIpc) is 3.80. The molecule has 0 bridgehead atoms. The van der Waals surface area contributed by atoms with Crippen molar-refractivity contribution in [2.45, 2.75) is 162 Å². The van der Waals surface area contributed by atoms with Crippen molar-refractivity contribution >= 4 is 63.9 Å². The number of aliphatic carboxylic acids is 2. The Labute approximate surface area is 413 Å². The molecule has 1 aromatic carbocycles. The van der Waals surface area contributed by atoms with Gasteiger partial charge in [0.1, 0.15) is 23.7 Å². The summed E-state index contributed by atoms with van der Waals surface area (Å²) in [6.07, 6.45) is 9.76. The van der Waals surface area contributed by atoms with E-state index in [2.05, 4.69) is 16.0 Å². The Morgan fingerprint density at radius 1 is 0.771 bits per heavy atom. The Morgan fingerprint density at radius 3 is 1.93 bits per heavy atom. The number of imide groups is 1. The number of carboxylic acids is 2. The second-order valence-electron chi connectivity index (χ2n) is 20.7. The van der Waals surface area contributed by atoms with Crippen molar-refractivity contribution in [3.8, 4) is 0 Å². The first-order chi connectivity index (χ1) is 32.7. The van der Waals surface area contributed by atoms with E-state index in [9.17, 15) is 53.4 Å². The van der Waals surface area contributed by atoms with Gasteiger partial charge in [-0.05, 0) is 69.0 Å². The van der Waals surface area contributed by atoms with Gasteiger partial charge < -0.3 is 35.6 Å². The molecule has 0 radical (unpaired) electrons. The Balaban J connectivity index is 1.55. The zero-order valence-corrected chi connectivity index (χ0v) is 43.2. The Kier molecular flexibility index (Phi) is 21.9. The molecule has 0 saturated heterocycles. The van der Waals surface area contributed by atoms with Gasteiger partial charge in [0, 0.05) is 86.6 Å². The van der Waals surface area contributed by atoms with E-state index in [0.717, 1.165) is 16.5 Å². The summed E-state index contributed by atoms with van der Waals surface area (Å²) in [5.74, 6) is -6.20. The molecule has 0 unspecified atom stereocenters. The van der Waals surface area contributed by atoms with Crippen LogP contribution in [0.4, 0.5) is 0 Å². The largest absolute Gasteiger partial charge is 0.481 e. The van der Waals surface area contributed by atoms with Gasteiger partial charge in [-0.1, -0.05) is 92.0 Å². The van der Waals surface area contributed by atoms with E-state index in [1.54, 1.807) is 20.2 Å². The number of Topliss-reactive ketones (excluding diaryl/α,β-unsaturated/α-hetero) is 2. The van der Waals surface area contributed by atoms with Gasteiger partial charge in [0.25, 0.3) is 11.8 Å². The van der Waals surface area contributed by atoms with Crippen LogP contribution in [-0.4, -0.2) is 122 Å². The number of likely N-dealkylation sites (N-methyl/N-ethyl adjacent to an activating group) is 2. The van der Waals surface area contributed by atoms with Gasteiger partial charge in [-0.25, -0.2) is 4.79 Å². The van der Waals surface area contributed by atoms with Gasteiger partial charge in [0.15, 0.2) is 0 Å². The number of aryl methyl sites for hydroxylation is 1. The SMILES string of the molecule is CN[C@H](C(=O)N[C@H](C(=O)N(C)[C@H](/C=C(\C)C(=O)N[C@H](CCC(=O)C[C@@H](CCCCCC(=O)CCCCCN1C(=O)C=CC1=O)C(=O)O)C(=O)O)C(C)C)C(C)(C)C)C(C)(C)c1cn(C)c2ccccc12. The third-order valence-electron chi connectivity index (χ3n) is 13.4. The number of carbonyl (C=O) groups excluding carboxylic acids is 7. The lowest BCUT2D eigenvalue weighted by Crippen LogP contribution is -2.61. The number of unbranched alkanes of at least 4 members (excludes halogenated alkanes) is 4. The van der Waals surface area contributed by atoms with E-state index in [-0.39, 0.29) is 66.6 Å². The molecule has 17 heteroatoms. The number of benzene rings is 1. The number of carbonyl (C=O) groups is 9. The summed E-state index contributed by atoms with van der Waals surface area (Å²) in [7, 11) is 5.27. The molecule has 5 N–H and O–H groups in total. The number of nitrogens with zero attached hydrogens (tertiary/aromatic N) is 3. The van der Waals surface area contributed by atoms with E-state index in [1.165, 1.54) is 28.9 Å². The van der Waals surface area contributed by atoms with Crippen LogP contribution >= 0.6 is 0 Å². The van der Waals surface area contributed by atoms with Gasteiger partial charge in [0.05, 0.1) is 18.0 Å². The molecule has 2 heterocycles. The summed E-state index contributed by atoms with van der Waals surface area (Å²) in [4.78, 5) is 118. The van der Waals surface area contributed by atoms with Crippen LogP contribution < -0.4 is 16.0 Å². The number of rotatable bonds is 30. The molecule has 386 valence electrons. The number of carboxylic acid groups (broad SMARTS) is 2. The van der Waals surface area contributed by atoms with E-state index < -0.39 is 64.5 Å². The minimum absolute atomic E-state index is 0.0800. The van der Waals surface area contributed by atoms with Gasteiger partial charge in [-0.2, -0.15) is 0 Å². The van der Waals surface area contributed by atoms with E-state index >= 15 is 0 Å². The average molecular weight is 975 g/mol. The lowest BCUT2D eigenvalue weighted by molar-refractivity contribution is -0.144. The topological polar surface area (TPSA) is 242 Å². The highest BCUT2D eigenvalue weighted by molar-refractivity contribution is 6.12. The number of hydrogen-bond donors (Lipinski definition) is 5. The molecule has 0 fully saturated rings. The zero-order valence-electron chi connectivity index (χ0n) is 43.2. The van der Waals surface area contributed by atoms with Crippen LogP contribution in [0.2, 0.25) is 0 Å². The quantitative estimate of drug-likeness (QED) is 0.0343. The van der Waals surface area contributed by atoms with Gasteiger partial charge in [0.2, 0.25) is 17.7 Å². The molecule has 5 atom stereocenters. The second kappa shape index (κ2) is 26.3. The van der Waals surface area contributed by atoms with Gasteiger partial charge in [-0.3, -0.25) is 43.3 Å². The molecular formula is C53H78N6O11. The Bertz CT molecular complexity index is 2270. The number of amides is 5. The maximum atomic E-state index is 14.5. The van der Waals surface area contributed by atoms with Crippen LogP contribution in [0, 0.1) is 17.3 Å². The molecule has 17 nitrogen and oxygen atoms in total. The lowest BCUT2D eigenvalue weighted by Gasteiger charge is -2.39. The highest BCUT2D eigenvalue weighted by atomic mass is 16.4. The van der Waals surface area contributed by atoms with Crippen molar-refractivity contribution in [3.63, 3.8) is 0 Å². The molecule has 0 saturated carbocycles. The summed E-state index contributed by atoms with van der Waals surface area (Å²) in [6, 6.07) is 4.17. The third-order valence-corrected chi connectivity index (χ3v) is 13.4. The maximum Gasteiger partial charge on any atom is 0.326 e. The minimum atomic E-state index is -1.45. The van der Waals surface area contributed by atoms with Crippen LogP contribution in [0.25, 0.3) is 10.9 Å². The first-order valence-corrected chi connectivity index (χ1v) is 24.5. The number of fused-ring (bicyclic) bond motifs is 1. The fraction of sp³-hybridized carbons (Fsp3) is 0.604. The maximum absolute atomic E-state index is 14.5. The third kappa shape index (κ3) is 16.3. The van der Waals surface area contributed by atoms with Crippen molar-refractivity contribution in [2.75, 3.05) is 20.6 Å². The van der Waals surface area contributed by atoms with Crippen LogP contribution in [-0.2, 0) is 55.6 Å².